The number of likely N-dealkylation sites (tertiary alicyclic amines) is 1. The van der Waals surface area contributed by atoms with Crippen LogP contribution < -0.4 is 0 Å². The maximum atomic E-state index is 9.93. The maximum absolute atomic E-state index is 9.93. The molecule has 3 heteroatoms. The first-order valence-corrected chi connectivity index (χ1v) is 7.94. The van der Waals surface area contributed by atoms with E-state index in [1.54, 1.807) is 0 Å². The van der Waals surface area contributed by atoms with Crippen molar-refractivity contribution in [2.24, 2.45) is 0 Å². The minimum atomic E-state index is -0.232. The lowest BCUT2D eigenvalue weighted by Gasteiger charge is -2.33. The molecule has 1 aliphatic rings. The zero-order valence-electron chi connectivity index (χ0n) is 12.8. The molecule has 1 aliphatic heterocycles. The molecule has 21 heavy (non-hydrogen) atoms. The van der Waals surface area contributed by atoms with Crippen LogP contribution in [-0.2, 0) is 11.3 Å². The molecule has 0 spiro atoms. The Morgan fingerprint density at radius 2 is 2.00 bits per heavy atom. The van der Waals surface area contributed by atoms with Crippen LogP contribution in [0.5, 0.6) is 0 Å². The highest BCUT2D eigenvalue weighted by Gasteiger charge is 2.21. The van der Waals surface area contributed by atoms with Gasteiger partial charge in [0.25, 0.3) is 0 Å². The minimum Gasteiger partial charge on any atom is -0.392 e. The van der Waals surface area contributed by atoms with E-state index in [4.69, 9.17) is 4.74 Å². The number of hydrogen-bond donors (Lipinski definition) is 1. The summed E-state index contributed by atoms with van der Waals surface area (Å²) in [4.78, 5) is 2.34. The van der Waals surface area contributed by atoms with Gasteiger partial charge in [0.2, 0.25) is 0 Å². The van der Waals surface area contributed by atoms with Crippen molar-refractivity contribution in [3.8, 4) is 0 Å². The molecule has 1 aromatic carbocycles. The first-order chi connectivity index (χ1) is 10.3. The van der Waals surface area contributed by atoms with Crippen molar-refractivity contribution in [1.29, 1.82) is 0 Å². The summed E-state index contributed by atoms with van der Waals surface area (Å²) in [7, 11) is 0. The van der Waals surface area contributed by atoms with Crippen molar-refractivity contribution in [2.45, 2.75) is 44.5 Å². The summed E-state index contributed by atoms with van der Waals surface area (Å²) in [5.74, 6) is 0. The SMILES string of the molecule is C=CCCC(O)CN1CCC(OCc2ccccc2)CC1. The fraction of sp³-hybridized carbons (Fsp3) is 0.556. The summed E-state index contributed by atoms with van der Waals surface area (Å²) in [6, 6.07) is 10.3. The lowest BCUT2D eigenvalue weighted by molar-refractivity contribution is -0.0111. The van der Waals surface area contributed by atoms with E-state index in [0.29, 0.717) is 12.7 Å². The average Bonchev–Trinajstić information content (AvgIpc) is 2.53. The quantitative estimate of drug-likeness (QED) is 0.747. The standard InChI is InChI=1S/C18H27NO2/c1-2-3-9-17(20)14-19-12-10-18(11-13-19)21-15-16-7-5-4-6-8-16/h2,4-8,17-18,20H,1,3,9-15H2. The van der Waals surface area contributed by atoms with Crippen molar-refractivity contribution >= 4 is 0 Å². The summed E-state index contributed by atoms with van der Waals surface area (Å²) in [5, 5.41) is 9.93. The third-order valence-electron chi connectivity index (χ3n) is 4.04. The van der Waals surface area contributed by atoms with Crippen molar-refractivity contribution in [2.75, 3.05) is 19.6 Å². The van der Waals surface area contributed by atoms with E-state index in [1.165, 1.54) is 5.56 Å². The summed E-state index contributed by atoms with van der Waals surface area (Å²) in [5.41, 5.74) is 1.24. The van der Waals surface area contributed by atoms with Crippen LogP contribution in [0.3, 0.4) is 0 Å². The molecule has 1 saturated heterocycles. The number of ether oxygens (including phenoxy) is 1. The molecule has 1 unspecified atom stereocenters. The van der Waals surface area contributed by atoms with E-state index in [1.807, 2.05) is 24.3 Å². The van der Waals surface area contributed by atoms with E-state index in [9.17, 15) is 5.11 Å². The first-order valence-electron chi connectivity index (χ1n) is 7.94. The smallest absolute Gasteiger partial charge is 0.0720 e. The number of nitrogens with zero attached hydrogens (tertiary/aromatic N) is 1. The molecular weight excluding hydrogens is 262 g/mol. The fourth-order valence-corrected chi connectivity index (χ4v) is 2.75. The summed E-state index contributed by atoms with van der Waals surface area (Å²) in [6.07, 6.45) is 5.80. The van der Waals surface area contributed by atoms with E-state index in [-0.39, 0.29) is 6.10 Å². The zero-order valence-corrected chi connectivity index (χ0v) is 12.8. The first kappa shape index (κ1) is 16.2. The Morgan fingerprint density at radius 1 is 1.29 bits per heavy atom. The van der Waals surface area contributed by atoms with Crippen LogP contribution in [0.2, 0.25) is 0 Å². The molecule has 1 heterocycles. The third kappa shape index (κ3) is 6.00. The minimum absolute atomic E-state index is 0.232. The Kier molecular flexibility index (Phi) is 6.93. The number of benzene rings is 1. The van der Waals surface area contributed by atoms with E-state index in [2.05, 4.69) is 23.6 Å². The van der Waals surface area contributed by atoms with Gasteiger partial charge in [0.1, 0.15) is 0 Å². The van der Waals surface area contributed by atoms with Gasteiger partial charge < -0.3 is 14.7 Å². The van der Waals surface area contributed by atoms with Crippen molar-refractivity contribution in [1.82, 2.24) is 4.90 Å². The van der Waals surface area contributed by atoms with Gasteiger partial charge in [-0.1, -0.05) is 36.4 Å². The summed E-state index contributed by atoms with van der Waals surface area (Å²) >= 11 is 0. The van der Waals surface area contributed by atoms with Gasteiger partial charge in [0.15, 0.2) is 0 Å². The van der Waals surface area contributed by atoms with E-state index < -0.39 is 0 Å². The van der Waals surface area contributed by atoms with Crippen molar-refractivity contribution in [3.05, 3.63) is 48.6 Å². The topological polar surface area (TPSA) is 32.7 Å². The molecule has 116 valence electrons. The zero-order chi connectivity index (χ0) is 14.9. The van der Waals surface area contributed by atoms with E-state index in [0.717, 1.165) is 45.3 Å². The average molecular weight is 289 g/mol. The predicted octanol–water partition coefficient (Wildman–Crippen LogP) is 2.99. The lowest BCUT2D eigenvalue weighted by atomic mass is 10.1. The van der Waals surface area contributed by atoms with Crippen LogP contribution >= 0.6 is 0 Å². The molecule has 3 nitrogen and oxygen atoms in total. The second-order valence-corrected chi connectivity index (χ2v) is 5.82. The van der Waals surface area contributed by atoms with Crippen molar-refractivity contribution in [3.63, 3.8) is 0 Å². The van der Waals surface area contributed by atoms with Gasteiger partial charge in [-0.15, -0.1) is 6.58 Å². The number of piperidine rings is 1. The Balaban J connectivity index is 1.63. The van der Waals surface area contributed by atoms with Crippen LogP contribution in [0.15, 0.2) is 43.0 Å². The molecule has 0 radical (unpaired) electrons. The van der Waals surface area contributed by atoms with Gasteiger partial charge in [-0.3, -0.25) is 0 Å². The Hall–Kier alpha value is -1.16. The lowest BCUT2D eigenvalue weighted by Crippen LogP contribution is -2.41. The molecule has 0 aromatic heterocycles. The number of rotatable bonds is 8. The van der Waals surface area contributed by atoms with Crippen LogP contribution in [0, 0.1) is 0 Å². The number of hydrogen-bond acceptors (Lipinski definition) is 3. The molecule has 0 aliphatic carbocycles. The Morgan fingerprint density at radius 3 is 2.67 bits per heavy atom. The molecule has 1 N–H and O–H groups in total. The number of allylic oxidation sites excluding steroid dienone is 1. The normalized spacial score (nSPS) is 18.5. The molecule has 0 bridgehead atoms. The molecule has 2 rings (SSSR count). The van der Waals surface area contributed by atoms with E-state index >= 15 is 0 Å². The highest BCUT2D eigenvalue weighted by molar-refractivity contribution is 5.13. The second-order valence-electron chi connectivity index (χ2n) is 5.82. The predicted molar refractivity (Wildman–Crippen MR) is 86.1 cm³/mol. The molecule has 0 saturated carbocycles. The maximum Gasteiger partial charge on any atom is 0.0720 e. The number of β-amino-alcohol motifs (C(OH)–C–C–N with tert-alkyl or cyclic N) is 1. The molecule has 1 aromatic rings. The van der Waals surface area contributed by atoms with Crippen LogP contribution in [0.4, 0.5) is 0 Å². The monoisotopic (exact) mass is 289 g/mol. The van der Waals surface area contributed by atoms with Crippen LogP contribution in [0.1, 0.15) is 31.2 Å². The van der Waals surface area contributed by atoms with Gasteiger partial charge in [-0.05, 0) is 31.2 Å². The highest BCUT2D eigenvalue weighted by atomic mass is 16.5. The van der Waals surface area contributed by atoms with Crippen LogP contribution in [0.25, 0.3) is 0 Å². The van der Waals surface area contributed by atoms with Crippen LogP contribution in [-0.4, -0.2) is 41.8 Å². The number of aliphatic hydroxyl groups is 1. The van der Waals surface area contributed by atoms with Crippen molar-refractivity contribution < 1.29 is 9.84 Å². The Bertz CT molecular complexity index is 399. The van der Waals surface area contributed by atoms with Gasteiger partial charge in [-0.2, -0.15) is 0 Å². The second kappa shape index (κ2) is 8.98. The van der Waals surface area contributed by atoms with Gasteiger partial charge in [-0.25, -0.2) is 0 Å². The molecular formula is C18H27NO2. The summed E-state index contributed by atoms with van der Waals surface area (Å²) in [6.45, 7) is 7.21. The molecule has 0 amide bonds. The fourth-order valence-electron chi connectivity index (χ4n) is 2.75. The molecule has 1 atom stereocenters. The Labute approximate surface area is 128 Å². The number of aliphatic hydroxyl groups excluding tert-OH is 1. The third-order valence-corrected chi connectivity index (χ3v) is 4.04. The van der Waals surface area contributed by atoms with Gasteiger partial charge >= 0.3 is 0 Å². The highest BCUT2D eigenvalue weighted by Crippen LogP contribution is 2.16. The molecule has 1 fully saturated rings. The van der Waals surface area contributed by atoms with Gasteiger partial charge in [0.05, 0.1) is 18.8 Å². The van der Waals surface area contributed by atoms with Gasteiger partial charge in [0, 0.05) is 19.6 Å². The summed E-state index contributed by atoms with van der Waals surface area (Å²) < 4.78 is 5.98. The largest absolute Gasteiger partial charge is 0.392 e.